The van der Waals surface area contributed by atoms with Crippen LogP contribution < -0.4 is 76.5 Å². The van der Waals surface area contributed by atoms with Crippen LogP contribution in [0, 0.1) is 17.8 Å². The zero-order chi connectivity index (χ0) is 97.8. The minimum Gasteiger partial charge on any atom is -0.507 e. The third-order valence-electron chi connectivity index (χ3n) is 24.0. The molecule has 7 aliphatic rings. The number of nitrogens with one attached hydrogen (secondary N) is 7. The van der Waals surface area contributed by atoms with Gasteiger partial charge in [-0.15, -0.1) is 0 Å². The Bertz CT molecular complexity index is 5620. The fourth-order valence-corrected chi connectivity index (χ4v) is 18.1. The van der Waals surface area contributed by atoms with Gasteiger partial charge in [-0.1, -0.05) is 95.3 Å². The number of aromatic hydroxyl groups is 2. The summed E-state index contributed by atoms with van der Waals surface area (Å²) in [5.74, 6) is -19.3. The highest BCUT2D eigenvalue weighted by Gasteiger charge is 2.52. The van der Waals surface area contributed by atoms with Gasteiger partial charge in [-0.05, 0) is 171 Å². The van der Waals surface area contributed by atoms with E-state index < -0.39 is 278 Å². The topological polar surface area (TPSA) is 589 Å². The Kier molecular flexibility index (Phi) is 34.2. The van der Waals surface area contributed by atoms with Gasteiger partial charge in [0.25, 0.3) is 0 Å². The highest BCUT2D eigenvalue weighted by molar-refractivity contribution is 7.89. The number of ether oxygens (including phenoxy) is 9. The van der Waals surface area contributed by atoms with Gasteiger partial charge in [-0.25, -0.2) is 22.7 Å². The molecule has 0 unspecified atom stereocenters. The lowest BCUT2D eigenvalue weighted by Gasteiger charge is -2.47. The van der Waals surface area contributed by atoms with E-state index in [0.29, 0.717) is 31.1 Å². The standard InChI is InChI=1S/C94H113Cl2N9O29S/c1-8-11-13-31-127-55-21-23-56(24-22-55)135(124,125)100-29-28-99-43-60-68(132-93(123)101-53-17-19-54(20-18-53)126-30-12-9-2)41-59-74(81(60)113)58-33-48(14-25-63(58)107)57-40-65(109)75-51-37-69(129-66-26-15-49(34-61(66)95)79(111)77(104-87(117)47(10-3)32-45(4)5)64(108)36-52(39-72(97)110)88(118)102-75)84(134-92-85(83(115)82(114)71(44-106)131-92)133-73-42-94(7,98)86(116)46(6)128-73)70(38-51)130-67-27-16-50(35-62(67)96)80(112)78(105-89(57)119)90(120)103-76(59)91(121)122/h14-27,33-35,37-38,41,45-47,52,57,71,73,75-80,82-83,85-86,92,99-100,106-107,111-116H,8-13,28-32,36,39-40,42-44,98H2,1-7H3,(H2,97,110)(H,101,123)(H,102,118)(H,103,120)(H,104,117)(H,105,119)(H,121,122)/t46-,47+,52-,57+,71+,73-,75+,76-,77-,78-,79+,80+,82+,83-,85+,86+,92-,94-/m0/s1. The number of aliphatic carboxylic acids is 1. The number of carboxylic acid groups (broad SMARTS) is 1. The van der Waals surface area contributed by atoms with E-state index >= 15 is 24.0 Å². The van der Waals surface area contributed by atoms with E-state index in [1.54, 1.807) is 19.1 Å². The summed E-state index contributed by atoms with van der Waals surface area (Å²) in [6.45, 7) is 11.1. The molecule has 135 heavy (non-hydrogen) atoms. The quantitative estimate of drug-likeness (QED) is 0.0182. The second-order valence-electron chi connectivity index (χ2n) is 34.6. The first kappa shape index (κ1) is 103. The number of unbranched alkanes of at least 4 members (excludes halogenated alkanes) is 3. The number of aliphatic hydroxyl groups excluding tert-OH is 6. The van der Waals surface area contributed by atoms with Crippen LogP contribution in [0.5, 0.6) is 57.5 Å². The van der Waals surface area contributed by atoms with Crippen LogP contribution in [0.4, 0.5) is 10.5 Å². The van der Waals surface area contributed by atoms with Gasteiger partial charge in [0, 0.05) is 79.2 Å². The van der Waals surface area contributed by atoms with Crippen molar-refractivity contribution in [1.29, 1.82) is 0 Å². The molecular formula is C94H113Cl2N9O29S. The highest BCUT2D eigenvalue weighted by atomic mass is 35.5. The number of amides is 6. The van der Waals surface area contributed by atoms with Crippen molar-refractivity contribution in [2.24, 2.45) is 29.2 Å². The molecule has 0 saturated carbocycles. The third-order valence-corrected chi connectivity index (χ3v) is 26.1. The Labute approximate surface area is 787 Å². The summed E-state index contributed by atoms with van der Waals surface area (Å²) in [6.07, 6.45) is -17.7. The van der Waals surface area contributed by atoms with E-state index in [9.17, 15) is 73.6 Å². The number of fused-ring (bicyclic) bond motifs is 15. The van der Waals surface area contributed by atoms with Crippen LogP contribution in [-0.2, 0) is 69.1 Å². The fraction of sp³-hybridized carbons (Fsp3) is 0.457. The molecule has 7 aliphatic heterocycles. The lowest BCUT2D eigenvalue weighted by molar-refractivity contribution is -0.333. The number of halogens is 2. The van der Waals surface area contributed by atoms with Crippen molar-refractivity contribution in [2.45, 2.75) is 228 Å². The zero-order valence-electron chi connectivity index (χ0n) is 75.0. The minimum atomic E-state index is -4.22. The molecule has 7 aromatic carbocycles. The number of nitrogens with two attached hydrogens (primary N) is 2. The number of rotatable bonds is 31. The van der Waals surface area contributed by atoms with Gasteiger partial charge in [0.2, 0.25) is 51.6 Å². The molecule has 20 N–H and O–H groups in total. The number of phenolic OH excluding ortho intramolecular Hbond substituents is 2. The zero-order valence-corrected chi connectivity index (χ0v) is 77.3. The second kappa shape index (κ2) is 45.1. The van der Waals surface area contributed by atoms with E-state index in [4.69, 9.17) is 77.3 Å². The smallest absolute Gasteiger partial charge is 0.417 e. The molecule has 0 spiro atoms. The molecule has 6 amide bonds. The SMILES string of the molecule is CCCCCOc1ccc(S(=O)(=O)NCCNCc2c(OC(=O)Nc3ccc(OCCCC)cc3)cc3c(c2O)-c2cc(ccc2O)[C@H]2CC(=O)[C@@H]4NC(=O)[C@H](CC(N)=O)CC(=O)[C@H](NC(=O)[C@H](CC)CC(C)C)[C@H](O)c5ccc(c(Cl)c5)Oc5cc4cc(c5O[C@@H]4O[C@H](CO)[C@@H](O)[C@H](O)[C@H]4O[C@H]4C[C@](C)(N)[C@H](O)[C@H](C)O4)Oc4ccc(cc4Cl)[C@@H](O)[C@H](NC2=O)C(=O)N[C@@H]3C(=O)O)cc1. The Balaban J connectivity index is 1.05. The molecule has 0 aromatic heterocycles. The average Bonchev–Trinajstić information content (AvgIpc) is 0.805. The Morgan fingerprint density at radius 2 is 1.33 bits per heavy atom. The maximum Gasteiger partial charge on any atom is 0.417 e. The largest absolute Gasteiger partial charge is 0.507 e. The first-order valence-electron chi connectivity index (χ1n) is 44.4. The number of ketones is 2. The number of Topliss-reactive ketones (excluding diaryl/α,β-unsaturated/α-hetero) is 2. The third kappa shape index (κ3) is 24.7. The molecule has 18 atom stereocenters. The Morgan fingerprint density at radius 1 is 0.696 bits per heavy atom. The molecule has 14 rings (SSSR count). The van der Waals surface area contributed by atoms with E-state index in [0.717, 1.165) is 86.7 Å². The van der Waals surface area contributed by atoms with Crippen LogP contribution in [0.1, 0.15) is 183 Å². The number of primary amides is 1. The molecule has 0 aliphatic carbocycles. The monoisotopic (exact) mass is 1930 g/mol. The van der Waals surface area contributed by atoms with Gasteiger partial charge >= 0.3 is 12.1 Å². The molecule has 38 nitrogen and oxygen atoms in total. The predicted octanol–water partition coefficient (Wildman–Crippen LogP) is 8.24. The van der Waals surface area contributed by atoms with Gasteiger partial charge in [0.1, 0.15) is 88.9 Å². The molecule has 2 fully saturated rings. The molecule has 7 heterocycles. The van der Waals surface area contributed by atoms with Gasteiger partial charge in [0.05, 0.1) is 64.4 Å². The number of benzene rings is 7. The highest BCUT2D eigenvalue weighted by Crippen LogP contribution is 2.52. The van der Waals surface area contributed by atoms with Crippen molar-refractivity contribution in [3.8, 4) is 68.6 Å². The predicted molar refractivity (Wildman–Crippen MR) is 486 cm³/mol. The number of carboxylic acids is 1. The molecule has 0 radical (unpaired) electrons. The summed E-state index contributed by atoms with van der Waals surface area (Å²) in [4.78, 5) is 136. The number of anilines is 1. The Morgan fingerprint density at radius 3 is 1.93 bits per heavy atom. The summed E-state index contributed by atoms with van der Waals surface area (Å²) in [6, 6.07) is 15.9. The maximum absolute atomic E-state index is 16.7. The van der Waals surface area contributed by atoms with Crippen molar-refractivity contribution >= 4 is 92.1 Å². The number of phenols is 2. The summed E-state index contributed by atoms with van der Waals surface area (Å²) < 4.78 is 86.5. The van der Waals surface area contributed by atoms with Crippen LogP contribution in [0.3, 0.4) is 0 Å². The van der Waals surface area contributed by atoms with Gasteiger partial charge in [-0.3, -0.25) is 38.9 Å². The molecule has 728 valence electrons. The second-order valence-corrected chi connectivity index (χ2v) is 37.2. The van der Waals surface area contributed by atoms with Crippen molar-refractivity contribution in [2.75, 3.05) is 38.2 Å². The first-order chi connectivity index (χ1) is 64.2. The molecular weight excluding hydrogens is 1820 g/mol. The van der Waals surface area contributed by atoms with E-state index in [1.165, 1.54) is 68.4 Å². The number of hydrogen-bond donors (Lipinski definition) is 18. The van der Waals surface area contributed by atoms with Gasteiger partial charge < -0.3 is 127 Å². The summed E-state index contributed by atoms with van der Waals surface area (Å²) in [7, 11) is -4.22. The van der Waals surface area contributed by atoms with E-state index in [1.807, 2.05) is 27.7 Å². The van der Waals surface area contributed by atoms with Crippen molar-refractivity contribution in [3.63, 3.8) is 0 Å². The summed E-state index contributed by atoms with van der Waals surface area (Å²) in [5.41, 5.74) is 7.68. The fourth-order valence-electron chi connectivity index (χ4n) is 16.6. The summed E-state index contributed by atoms with van der Waals surface area (Å²) >= 11 is 14.4. The number of carbonyl (C=O) groups excluding carboxylic acids is 8. The number of carbonyl (C=O) groups is 9. The maximum atomic E-state index is 16.7. The first-order valence-corrected chi connectivity index (χ1v) is 46.6. The van der Waals surface area contributed by atoms with Crippen LogP contribution in [0.25, 0.3) is 11.1 Å². The molecule has 7 aromatic rings. The van der Waals surface area contributed by atoms with Crippen molar-refractivity contribution in [1.82, 2.24) is 31.3 Å². The van der Waals surface area contributed by atoms with Crippen LogP contribution >= 0.6 is 23.2 Å². The van der Waals surface area contributed by atoms with Crippen LogP contribution in [0.2, 0.25) is 10.0 Å². The van der Waals surface area contributed by atoms with E-state index in [-0.39, 0.29) is 69.9 Å². The summed E-state index contributed by atoms with van der Waals surface area (Å²) in [5, 5.41) is 123. The van der Waals surface area contributed by atoms with Gasteiger partial charge in [-0.2, -0.15) is 0 Å². The lowest BCUT2D eigenvalue weighted by Crippen LogP contribution is -2.64. The van der Waals surface area contributed by atoms with Crippen molar-refractivity contribution in [3.05, 3.63) is 165 Å². The molecule has 41 heteroatoms. The van der Waals surface area contributed by atoms with Crippen molar-refractivity contribution < 1.29 is 140 Å². The molecule has 2 saturated heterocycles. The minimum absolute atomic E-state index is 0.0539. The normalized spacial score (nSPS) is 25.1. The van der Waals surface area contributed by atoms with Gasteiger partial charge in [0.15, 0.2) is 41.5 Å². The molecule has 11 bridgehead atoms. The number of hydrogen-bond acceptors (Lipinski definition) is 30. The lowest BCUT2D eigenvalue weighted by atomic mass is 9.84. The van der Waals surface area contributed by atoms with E-state index in [2.05, 4.69) is 36.6 Å². The van der Waals surface area contributed by atoms with Crippen LogP contribution in [0.15, 0.2) is 126 Å². The number of aliphatic hydroxyl groups is 6. The Hall–Kier alpha value is -11.4. The average molecular weight is 1940 g/mol. The van der Waals surface area contributed by atoms with Crippen LogP contribution in [-0.4, -0.2) is 207 Å². The number of sulfonamides is 1.